The van der Waals surface area contributed by atoms with Crippen LogP contribution >= 0.6 is 0 Å². The van der Waals surface area contributed by atoms with Gasteiger partial charge in [-0.3, -0.25) is 15.0 Å². The van der Waals surface area contributed by atoms with Gasteiger partial charge in [-0.2, -0.15) is 0 Å². The summed E-state index contributed by atoms with van der Waals surface area (Å²) in [6.07, 6.45) is 2.48. The van der Waals surface area contributed by atoms with Crippen LogP contribution in [0.3, 0.4) is 0 Å². The molecule has 1 aliphatic carbocycles. The molecule has 2 rings (SSSR count). The van der Waals surface area contributed by atoms with Gasteiger partial charge in [0.15, 0.2) is 0 Å². The normalized spacial score (nSPS) is 14.8. The molecule has 1 fully saturated rings. The van der Waals surface area contributed by atoms with Crippen LogP contribution in [0, 0.1) is 10.1 Å². The van der Waals surface area contributed by atoms with Gasteiger partial charge in [0.2, 0.25) is 0 Å². The van der Waals surface area contributed by atoms with Gasteiger partial charge >= 0.3 is 0 Å². The molecule has 98 valence electrons. The Balaban J connectivity index is 2.21. The van der Waals surface area contributed by atoms with Gasteiger partial charge in [-0.25, -0.2) is 0 Å². The predicted molar refractivity (Wildman–Crippen MR) is 71.7 cm³/mol. The molecule has 18 heavy (non-hydrogen) atoms. The van der Waals surface area contributed by atoms with E-state index in [0.717, 1.165) is 24.3 Å². The van der Waals surface area contributed by atoms with Gasteiger partial charge in [-0.05, 0) is 38.4 Å². The minimum Gasteiger partial charge on any atom is -0.385 e. The molecule has 1 aliphatic rings. The lowest BCUT2D eigenvalue weighted by Crippen LogP contribution is -2.20. The number of anilines is 1. The highest BCUT2D eigenvalue weighted by Crippen LogP contribution is 2.29. The molecule has 0 unspecified atom stereocenters. The van der Waals surface area contributed by atoms with Crippen LogP contribution in [-0.4, -0.2) is 29.5 Å². The minimum absolute atomic E-state index is 0.163. The number of rotatable bonds is 6. The van der Waals surface area contributed by atoms with Crippen LogP contribution in [0.2, 0.25) is 0 Å². The molecule has 0 amide bonds. The standard InChI is InChI=1S/C13H19N3O2/c1-3-14-13-7-6-12(16(17)18)8-10(13)9-15(2)11-4-5-11/h6-8,11,14H,3-5,9H2,1-2H3. The van der Waals surface area contributed by atoms with Gasteiger partial charge in [0.1, 0.15) is 0 Å². The first-order chi connectivity index (χ1) is 8.61. The molecule has 0 aromatic heterocycles. The van der Waals surface area contributed by atoms with E-state index in [1.165, 1.54) is 12.8 Å². The van der Waals surface area contributed by atoms with E-state index in [0.29, 0.717) is 6.04 Å². The zero-order valence-corrected chi connectivity index (χ0v) is 10.8. The molecule has 0 radical (unpaired) electrons. The van der Waals surface area contributed by atoms with Crippen LogP contribution in [0.15, 0.2) is 18.2 Å². The molecular weight excluding hydrogens is 230 g/mol. The van der Waals surface area contributed by atoms with Crippen molar-refractivity contribution in [2.24, 2.45) is 0 Å². The first-order valence-corrected chi connectivity index (χ1v) is 6.33. The van der Waals surface area contributed by atoms with Gasteiger partial charge in [0, 0.05) is 37.0 Å². The molecule has 1 aromatic rings. The Kier molecular flexibility index (Phi) is 3.81. The summed E-state index contributed by atoms with van der Waals surface area (Å²) in [7, 11) is 2.08. The van der Waals surface area contributed by atoms with E-state index >= 15 is 0 Å². The van der Waals surface area contributed by atoms with Crippen molar-refractivity contribution in [2.75, 3.05) is 18.9 Å². The van der Waals surface area contributed by atoms with Crippen LogP contribution in [0.1, 0.15) is 25.3 Å². The number of hydrogen-bond acceptors (Lipinski definition) is 4. The largest absolute Gasteiger partial charge is 0.385 e. The van der Waals surface area contributed by atoms with E-state index in [9.17, 15) is 10.1 Å². The quantitative estimate of drug-likeness (QED) is 0.622. The second-order valence-electron chi connectivity index (χ2n) is 4.78. The molecule has 1 saturated carbocycles. The van der Waals surface area contributed by atoms with Crippen molar-refractivity contribution in [1.29, 1.82) is 0 Å². The third-order valence-electron chi connectivity index (χ3n) is 3.26. The SMILES string of the molecule is CCNc1ccc([N+](=O)[O-])cc1CN(C)C1CC1. The Bertz CT molecular complexity index is 444. The average Bonchev–Trinajstić information content (AvgIpc) is 3.15. The number of nitrogens with zero attached hydrogens (tertiary/aromatic N) is 2. The maximum absolute atomic E-state index is 10.8. The van der Waals surface area contributed by atoms with Crippen LogP contribution in [-0.2, 0) is 6.54 Å². The lowest BCUT2D eigenvalue weighted by Gasteiger charge is -2.18. The second-order valence-corrected chi connectivity index (χ2v) is 4.78. The van der Waals surface area contributed by atoms with Crippen LogP contribution in [0.25, 0.3) is 0 Å². The van der Waals surface area contributed by atoms with Gasteiger partial charge < -0.3 is 5.32 Å². The summed E-state index contributed by atoms with van der Waals surface area (Å²) in [5, 5.41) is 14.1. The predicted octanol–water partition coefficient (Wildman–Crippen LogP) is 2.62. The maximum Gasteiger partial charge on any atom is 0.269 e. The molecule has 1 aromatic carbocycles. The lowest BCUT2D eigenvalue weighted by molar-refractivity contribution is -0.384. The zero-order chi connectivity index (χ0) is 13.1. The molecule has 0 saturated heterocycles. The van der Waals surface area contributed by atoms with Crippen molar-refractivity contribution in [3.8, 4) is 0 Å². The minimum atomic E-state index is -0.337. The molecule has 5 nitrogen and oxygen atoms in total. The van der Waals surface area contributed by atoms with E-state index in [-0.39, 0.29) is 10.6 Å². The Labute approximate surface area is 107 Å². The van der Waals surface area contributed by atoms with Crippen molar-refractivity contribution in [3.05, 3.63) is 33.9 Å². The van der Waals surface area contributed by atoms with Crippen molar-refractivity contribution >= 4 is 11.4 Å². The smallest absolute Gasteiger partial charge is 0.269 e. The number of non-ortho nitro benzene ring substituents is 1. The maximum atomic E-state index is 10.8. The van der Waals surface area contributed by atoms with E-state index in [1.54, 1.807) is 18.2 Å². The summed E-state index contributed by atoms with van der Waals surface area (Å²) in [5.41, 5.74) is 2.16. The first-order valence-electron chi connectivity index (χ1n) is 6.33. The van der Waals surface area contributed by atoms with Crippen molar-refractivity contribution < 1.29 is 4.92 Å². The van der Waals surface area contributed by atoms with Crippen LogP contribution in [0.4, 0.5) is 11.4 Å². The Hall–Kier alpha value is -1.62. The van der Waals surface area contributed by atoms with Crippen LogP contribution < -0.4 is 5.32 Å². The summed E-state index contributed by atoms with van der Waals surface area (Å²) in [4.78, 5) is 12.8. The topological polar surface area (TPSA) is 58.4 Å². The summed E-state index contributed by atoms with van der Waals surface area (Å²) >= 11 is 0. The van der Waals surface area contributed by atoms with E-state index in [2.05, 4.69) is 17.3 Å². The Morgan fingerprint density at radius 1 is 1.50 bits per heavy atom. The highest BCUT2D eigenvalue weighted by molar-refractivity contribution is 5.56. The summed E-state index contributed by atoms with van der Waals surface area (Å²) in [5.74, 6) is 0. The second kappa shape index (κ2) is 5.35. The Morgan fingerprint density at radius 3 is 2.78 bits per heavy atom. The molecule has 5 heteroatoms. The summed E-state index contributed by atoms with van der Waals surface area (Å²) < 4.78 is 0. The fraction of sp³-hybridized carbons (Fsp3) is 0.538. The third-order valence-corrected chi connectivity index (χ3v) is 3.26. The molecule has 1 N–H and O–H groups in total. The van der Waals surface area contributed by atoms with Crippen molar-refractivity contribution in [3.63, 3.8) is 0 Å². The number of nitrogens with one attached hydrogen (secondary N) is 1. The summed E-state index contributed by atoms with van der Waals surface area (Å²) in [6, 6.07) is 5.69. The van der Waals surface area contributed by atoms with Crippen LogP contribution in [0.5, 0.6) is 0 Å². The fourth-order valence-electron chi connectivity index (χ4n) is 2.10. The summed E-state index contributed by atoms with van der Waals surface area (Å²) in [6.45, 7) is 3.60. The lowest BCUT2D eigenvalue weighted by atomic mass is 10.1. The number of nitro benzene ring substituents is 1. The fourth-order valence-corrected chi connectivity index (χ4v) is 2.10. The van der Waals surface area contributed by atoms with Gasteiger partial charge in [-0.1, -0.05) is 0 Å². The van der Waals surface area contributed by atoms with Crippen molar-refractivity contribution in [1.82, 2.24) is 4.90 Å². The van der Waals surface area contributed by atoms with E-state index in [4.69, 9.17) is 0 Å². The first kappa shape index (κ1) is 12.8. The van der Waals surface area contributed by atoms with E-state index in [1.807, 2.05) is 6.92 Å². The molecule has 0 heterocycles. The number of nitro groups is 1. The van der Waals surface area contributed by atoms with Gasteiger partial charge in [0.05, 0.1) is 4.92 Å². The monoisotopic (exact) mass is 249 g/mol. The number of benzene rings is 1. The van der Waals surface area contributed by atoms with E-state index < -0.39 is 0 Å². The van der Waals surface area contributed by atoms with Gasteiger partial charge in [-0.15, -0.1) is 0 Å². The highest BCUT2D eigenvalue weighted by Gasteiger charge is 2.26. The molecule has 0 bridgehead atoms. The molecular formula is C13H19N3O2. The molecule has 0 spiro atoms. The Morgan fingerprint density at radius 2 is 2.22 bits per heavy atom. The average molecular weight is 249 g/mol. The molecule has 0 atom stereocenters. The number of hydrogen-bond donors (Lipinski definition) is 1. The van der Waals surface area contributed by atoms with Gasteiger partial charge in [0.25, 0.3) is 5.69 Å². The third kappa shape index (κ3) is 2.98. The highest BCUT2D eigenvalue weighted by atomic mass is 16.6. The van der Waals surface area contributed by atoms with Crippen molar-refractivity contribution in [2.45, 2.75) is 32.4 Å². The molecule has 0 aliphatic heterocycles. The zero-order valence-electron chi connectivity index (χ0n) is 10.8.